The molecule has 0 spiro atoms. The van der Waals surface area contributed by atoms with E-state index in [0.29, 0.717) is 0 Å². The minimum absolute atomic E-state index is 0. The van der Waals surface area contributed by atoms with Crippen LogP contribution in [0.5, 0.6) is 0 Å². The predicted octanol–water partition coefficient (Wildman–Crippen LogP) is 5.18. The molecule has 3 rings (SSSR count). The van der Waals surface area contributed by atoms with Gasteiger partial charge in [0.05, 0.1) is 0 Å². The summed E-state index contributed by atoms with van der Waals surface area (Å²) in [5.74, 6) is 0. The van der Waals surface area contributed by atoms with E-state index in [1.807, 2.05) is 30.3 Å². The van der Waals surface area contributed by atoms with Gasteiger partial charge >= 0.3 is 0 Å². The zero-order chi connectivity index (χ0) is 14.9. The number of hydrogen-bond donors (Lipinski definition) is 0. The Kier molecular flexibility index (Phi) is 8.96. The number of hydrogen-bond acceptors (Lipinski definition) is 0. The molecule has 3 aromatic carbocycles. The monoisotopic (exact) mass is 361 g/mol. The van der Waals surface area contributed by atoms with Gasteiger partial charge in [0.25, 0.3) is 0 Å². The second-order valence-corrected chi connectivity index (χ2v) is 5.15. The maximum Gasteiger partial charge on any atom is 0 e. The van der Waals surface area contributed by atoms with Crippen LogP contribution in [0.3, 0.4) is 0 Å². The molecule has 0 heterocycles. The molecule has 0 aliphatic heterocycles. The van der Waals surface area contributed by atoms with Crippen molar-refractivity contribution in [2.75, 3.05) is 0 Å². The van der Waals surface area contributed by atoms with Crippen LogP contribution in [-0.4, -0.2) is 0 Å². The molecule has 1 radical (unpaired) electrons. The fraction of sp³-hybridized carbons (Fsp3) is 0.143. The topological polar surface area (TPSA) is 0 Å². The van der Waals surface area contributed by atoms with Crippen LogP contribution in [0.25, 0.3) is 0 Å². The summed E-state index contributed by atoms with van der Waals surface area (Å²) in [5, 5.41) is 0. The second kappa shape index (κ2) is 10.5. The quantitative estimate of drug-likeness (QED) is 0.552. The van der Waals surface area contributed by atoms with Crippen molar-refractivity contribution in [3.8, 4) is 0 Å². The van der Waals surface area contributed by atoms with Crippen LogP contribution in [-0.2, 0) is 39.1 Å². The van der Waals surface area contributed by atoms with E-state index in [2.05, 4.69) is 68.4 Å². The van der Waals surface area contributed by atoms with Gasteiger partial charge in [0, 0.05) is 32.7 Å². The van der Waals surface area contributed by atoms with Crippen molar-refractivity contribution < 1.29 is 32.7 Å². The molecule has 0 atom stereocenters. The fourth-order valence-electron chi connectivity index (χ4n) is 2.08. The fourth-order valence-corrected chi connectivity index (χ4v) is 2.08. The zero-order valence-electron chi connectivity index (χ0n) is 13.2. The number of aryl methyl sites for hydroxylation is 2. The molecular formula is C21H20Y-2. The van der Waals surface area contributed by atoms with Gasteiger partial charge in [-0.25, -0.2) is 0 Å². The molecule has 0 aliphatic rings. The average molecular weight is 361 g/mol. The molecule has 22 heavy (non-hydrogen) atoms. The predicted molar refractivity (Wildman–Crippen MR) is 89.3 cm³/mol. The molecular weight excluding hydrogens is 341 g/mol. The van der Waals surface area contributed by atoms with Gasteiger partial charge < -0.3 is 0 Å². The van der Waals surface area contributed by atoms with Gasteiger partial charge in [-0.3, -0.25) is 0 Å². The Morgan fingerprint density at radius 1 is 0.727 bits per heavy atom. The summed E-state index contributed by atoms with van der Waals surface area (Å²) in [4.78, 5) is 0. The third-order valence-corrected chi connectivity index (χ3v) is 3.14. The average Bonchev–Trinajstić information content (AvgIpc) is 2.50. The third-order valence-electron chi connectivity index (χ3n) is 3.14. The SMILES string of the molecule is Cc1c[c-]ccc1.Cc1cccc(Cc2cc[c-]cc2)c1.[Y]. The molecule has 0 saturated heterocycles. The first-order chi connectivity index (χ1) is 10.2. The molecule has 0 amide bonds. The molecule has 109 valence electrons. The van der Waals surface area contributed by atoms with Crippen LogP contribution in [0.1, 0.15) is 22.3 Å². The van der Waals surface area contributed by atoms with Gasteiger partial charge in [-0.2, -0.15) is 71.8 Å². The zero-order valence-corrected chi connectivity index (χ0v) is 16.1. The van der Waals surface area contributed by atoms with Gasteiger partial charge in [0.15, 0.2) is 0 Å². The van der Waals surface area contributed by atoms with E-state index >= 15 is 0 Å². The van der Waals surface area contributed by atoms with Gasteiger partial charge in [-0.05, 0) is 18.9 Å². The maximum atomic E-state index is 3.03. The Hall–Kier alpha value is -1.24. The first-order valence-corrected chi connectivity index (χ1v) is 7.17. The summed E-state index contributed by atoms with van der Waals surface area (Å²) in [6.07, 6.45) is 1.01. The largest absolute Gasteiger partial charge is 0.184 e. The molecule has 1 heteroatoms. The molecule has 0 nitrogen and oxygen atoms in total. The second-order valence-electron chi connectivity index (χ2n) is 5.15. The smallest absolute Gasteiger partial charge is 0 e. The van der Waals surface area contributed by atoms with Gasteiger partial charge in [0.2, 0.25) is 0 Å². The summed E-state index contributed by atoms with van der Waals surface area (Å²) in [7, 11) is 0. The molecule has 3 aromatic rings. The van der Waals surface area contributed by atoms with E-state index in [4.69, 9.17) is 0 Å². The Bertz CT molecular complexity index is 645. The van der Waals surface area contributed by atoms with Crippen molar-refractivity contribution in [2.24, 2.45) is 0 Å². The number of rotatable bonds is 2. The van der Waals surface area contributed by atoms with Crippen LogP contribution in [0.4, 0.5) is 0 Å². The van der Waals surface area contributed by atoms with Crippen LogP contribution < -0.4 is 0 Å². The third kappa shape index (κ3) is 7.16. The molecule has 0 aromatic heterocycles. The van der Waals surface area contributed by atoms with Crippen molar-refractivity contribution in [1.82, 2.24) is 0 Å². The van der Waals surface area contributed by atoms with Crippen LogP contribution in [0, 0.1) is 26.0 Å². The van der Waals surface area contributed by atoms with Crippen molar-refractivity contribution in [2.45, 2.75) is 20.3 Å². The van der Waals surface area contributed by atoms with Gasteiger partial charge in [0.1, 0.15) is 0 Å². The summed E-state index contributed by atoms with van der Waals surface area (Å²) < 4.78 is 0. The van der Waals surface area contributed by atoms with E-state index in [-0.39, 0.29) is 32.7 Å². The van der Waals surface area contributed by atoms with Crippen molar-refractivity contribution in [3.05, 3.63) is 107 Å². The molecule has 0 bridgehead atoms. The normalized spacial score (nSPS) is 9.18. The number of benzene rings is 3. The minimum atomic E-state index is 0. The molecule has 0 fully saturated rings. The summed E-state index contributed by atoms with van der Waals surface area (Å²) in [6, 6.07) is 30.7. The van der Waals surface area contributed by atoms with E-state index in [9.17, 15) is 0 Å². The van der Waals surface area contributed by atoms with Crippen LogP contribution in [0.2, 0.25) is 0 Å². The van der Waals surface area contributed by atoms with Gasteiger partial charge in [-0.15, -0.1) is 0 Å². The maximum absolute atomic E-state index is 3.03. The van der Waals surface area contributed by atoms with E-state index in [1.165, 1.54) is 22.3 Å². The van der Waals surface area contributed by atoms with E-state index in [1.54, 1.807) is 0 Å². The van der Waals surface area contributed by atoms with E-state index in [0.717, 1.165) is 6.42 Å². The van der Waals surface area contributed by atoms with Crippen molar-refractivity contribution in [3.63, 3.8) is 0 Å². The van der Waals surface area contributed by atoms with Crippen LogP contribution in [0.15, 0.2) is 72.8 Å². The van der Waals surface area contributed by atoms with Crippen LogP contribution >= 0.6 is 0 Å². The Balaban J connectivity index is 0.000000258. The minimum Gasteiger partial charge on any atom is -0.184 e. The van der Waals surface area contributed by atoms with Crippen molar-refractivity contribution >= 4 is 0 Å². The first kappa shape index (κ1) is 18.8. The molecule has 0 aliphatic carbocycles. The Labute approximate surface area is 159 Å². The van der Waals surface area contributed by atoms with E-state index < -0.39 is 0 Å². The molecule has 0 N–H and O–H groups in total. The summed E-state index contributed by atoms with van der Waals surface area (Å²) >= 11 is 0. The Morgan fingerprint density at radius 2 is 1.45 bits per heavy atom. The van der Waals surface area contributed by atoms with Gasteiger partial charge in [-0.1, -0.05) is 36.8 Å². The summed E-state index contributed by atoms with van der Waals surface area (Å²) in [6.45, 7) is 4.18. The molecule has 0 saturated carbocycles. The molecule has 0 unspecified atom stereocenters. The van der Waals surface area contributed by atoms with Crippen molar-refractivity contribution in [1.29, 1.82) is 0 Å². The standard InChI is InChI=1S/C14H13.C7H7.Y/c1-12-6-5-9-14(10-12)11-13-7-3-2-4-8-13;1-7-5-3-2-4-6-7;/h3-10H,11H2,1H3;2-3,5-6H,1H3;/q2*-1;. The summed E-state index contributed by atoms with van der Waals surface area (Å²) in [5.41, 5.74) is 5.30. The Morgan fingerprint density at radius 3 is 2.00 bits per heavy atom. The first-order valence-electron chi connectivity index (χ1n) is 7.17.